The van der Waals surface area contributed by atoms with Crippen LogP contribution in [-0.4, -0.2) is 34.5 Å². The predicted octanol–water partition coefficient (Wildman–Crippen LogP) is 3.55. The summed E-state index contributed by atoms with van der Waals surface area (Å²) in [7, 11) is -0.998. The van der Waals surface area contributed by atoms with Gasteiger partial charge in [-0.25, -0.2) is 13.2 Å². The van der Waals surface area contributed by atoms with E-state index in [4.69, 9.17) is 4.74 Å². The molecule has 0 bridgehead atoms. The Hall–Kier alpha value is -3.65. The standard InChI is InChI=1S/C22H20N2O5S/c1-24(30(27,28)18-8-4-3-5-9-18)17-14-12-16(13-15-17)21(25)23-20-11-7-6-10-19(20)22(26)29-2/h3-15H,1-2H3,(H,23,25). The predicted molar refractivity (Wildman–Crippen MR) is 114 cm³/mol. The Morgan fingerprint density at radius 3 is 2.10 bits per heavy atom. The zero-order valence-electron chi connectivity index (χ0n) is 16.4. The van der Waals surface area contributed by atoms with Gasteiger partial charge in [0.15, 0.2) is 0 Å². The van der Waals surface area contributed by atoms with Crippen molar-refractivity contribution in [2.24, 2.45) is 0 Å². The number of methoxy groups -OCH3 is 1. The molecule has 0 saturated heterocycles. The number of sulfonamides is 1. The summed E-state index contributed by atoms with van der Waals surface area (Å²) in [6.07, 6.45) is 0. The Balaban J connectivity index is 1.79. The lowest BCUT2D eigenvalue weighted by atomic mass is 10.1. The molecule has 3 aromatic carbocycles. The topological polar surface area (TPSA) is 92.8 Å². The fourth-order valence-corrected chi connectivity index (χ4v) is 4.00. The van der Waals surface area contributed by atoms with Crippen LogP contribution in [0.2, 0.25) is 0 Å². The van der Waals surface area contributed by atoms with Crippen molar-refractivity contribution in [1.29, 1.82) is 0 Å². The van der Waals surface area contributed by atoms with Gasteiger partial charge in [0.1, 0.15) is 0 Å². The van der Waals surface area contributed by atoms with Crippen LogP contribution in [-0.2, 0) is 14.8 Å². The van der Waals surface area contributed by atoms with Crippen molar-refractivity contribution in [3.05, 3.63) is 90.0 Å². The van der Waals surface area contributed by atoms with Gasteiger partial charge in [0.2, 0.25) is 0 Å². The van der Waals surface area contributed by atoms with Gasteiger partial charge >= 0.3 is 5.97 Å². The summed E-state index contributed by atoms with van der Waals surface area (Å²) in [5.41, 5.74) is 1.27. The van der Waals surface area contributed by atoms with Crippen molar-refractivity contribution in [2.45, 2.75) is 4.90 Å². The molecule has 30 heavy (non-hydrogen) atoms. The highest BCUT2D eigenvalue weighted by atomic mass is 32.2. The molecule has 0 fully saturated rings. The number of nitrogens with zero attached hydrogens (tertiary/aromatic N) is 1. The number of para-hydroxylation sites is 1. The molecule has 0 atom stereocenters. The smallest absolute Gasteiger partial charge is 0.339 e. The van der Waals surface area contributed by atoms with E-state index in [9.17, 15) is 18.0 Å². The molecule has 1 N–H and O–H groups in total. The highest BCUT2D eigenvalue weighted by Crippen LogP contribution is 2.23. The summed E-state index contributed by atoms with van der Waals surface area (Å²) in [4.78, 5) is 24.6. The van der Waals surface area contributed by atoms with Crippen LogP contribution in [0.5, 0.6) is 0 Å². The average Bonchev–Trinajstić information content (AvgIpc) is 2.79. The lowest BCUT2D eigenvalue weighted by Gasteiger charge is -2.19. The van der Waals surface area contributed by atoms with Crippen LogP contribution in [0.3, 0.4) is 0 Å². The number of amides is 1. The van der Waals surface area contributed by atoms with E-state index >= 15 is 0 Å². The summed E-state index contributed by atoms with van der Waals surface area (Å²) in [6, 6.07) is 20.7. The number of rotatable bonds is 6. The van der Waals surface area contributed by atoms with Crippen molar-refractivity contribution < 1.29 is 22.7 Å². The van der Waals surface area contributed by atoms with E-state index in [1.807, 2.05) is 0 Å². The second-order valence-electron chi connectivity index (χ2n) is 6.32. The SMILES string of the molecule is COC(=O)c1ccccc1NC(=O)c1ccc(N(C)S(=O)(=O)c2ccccc2)cc1. The van der Waals surface area contributed by atoms with Gasteiger partial charge in [0.25, 0.3) is 15.9 Å². The number of hydrogen-bond donors (Lipinski definition) is 1. The number of benzene rings is 3. The summed E-state index contributed by atoms with van der Waals surface area (Å²) in [6.45, 7) is 0. The molecule has 8 heteroatoms. The van der Waals surface area contributed by atoms with Crippen LogP contribution in [0.15, 0.2) is 83.8 Å². The Bertz CT molecular complexity index is 1160. The fourth-order valence-electron chi connectivity index (χ4n) is 2.79. The molecule has 0 aliphatic rings. The molecule has 3 rings (SSSR count). The van der Waals surface area contributed by atoms with E-state index in [1.54, 1.807) is 54.6 Å². The zero-order valence-corrected chi connectivity index (χ0v) is 17.2. The molecule has 0 unspecified atom stereocenters. The maximum absolute atomic E-state index is 12.7. The maximum Gasteiger partial charge on any atom is 0.339 e. The lowest BCUT2D eigenvalue weighted by molar-refractivity contribution is 0.0602. The molecule has 0 radical (unpaired) electrons. The molecule has 0 aliphatic heterocycles. The van der Waals surface area contributed by atoms with Crippen LogP contribution in [0.1, 0.15) is 20.7 Å². The number of nitrogens with one attached hydrogen (secondary N) is 1. The van der Waals surface area contributed by atoms with Crippen LogP contribution in [0.25, 0.3) is 0 Å². The first-order chi connectivity index (χ1) is 14.3. The van der Waals surface area contributed by atoms with Crippen LogP contribution in [0.4, 0.5) is 11.4 Å². The second-order valence-corrected chi connectivity index (χ2v) is 8.29. The van der Waals surface area contributed by atoms with E-state index in [-0.39, 0.29) is 10.5 Å². The van der Waals surface area contributed by atoms with Crippen molar-refractivity contribution in [3.63, 3.8) is 0 Å². The minimum Gasteiger partial charge on any atom is -0.465 e. The number of ether oxygens (including phenoxy) is 1. The molecular formula is C22H20N2O5S. The molecule has 154 valence electrons. The first kappa shape index (κ1) is 21.1. The average molecular weight is 424 g/mol. The van der Waals surface area contributed by atoms with E-state index in [0.717, 1.165) is 4.31 Å². The molecule has 0 aromatic heterocycles. The highest BCUT2D eigenvalue weighted by Gasteiger charge is 2.21. The normalized spacial score (nSPS) is 10.9. The van der Waals surface area contributed by atoms with Crippen molar-refractivity contribution in [1.82, 2.24) is 0 Å². The Morgan fingerprint density at radius 2 is 1.47 bits per heavy atom. The number of esters is 1. The molecule has 0 aliphatic carbocycles. The van der Waals surface area contributed by atoms with Crippen molar-refractivity contribution >= 4 is 33.3 Å². The Morgan fingerprint density at radius 1 is 0.867 bits per heavy atom. The minimum absolute atomic E-state index is 0.175. The molecule has 0 spiro atoms. The molecular weight excluding hydrogens is 404 g/mol. The third-order valence-corrected chi connectivity index (χ3v) is 6.28. The van der Waals surface area contributed by atoms with Crippen LogP contribution in [0, 0.1) is 0 Å². The summed E-state index contributed by atoms with van der Waals surface area (Å²) in [5, 5.41) is 2.68. The lowest BCUT2D eigenvalue weighted by Crippen LogP contribution is -2.26. The van der Waals surface area contributed by atoms with Gasteiger partial charge in [-0.05, 0) is 48.5 Å². The summed E-state index contributed by atoms with van der Waals surface area (Å²) >= 11 is 0. The van der Waals surface area contributed by atoms with E-state index in [1.165, 1.54) is 38.4 Å². The van der Waals surface area contributed by atoms with Crippen LogP contribution >= 0.6 is 0 Å². The first-order valence-corrected chi connectivity index (χ1v) is 10.4. The highest BCUT2D eigenvalue weighted by molar-refractivity contribution is 7.92. The van der Waals surface area contributed by atoms with Gasteiger partial charge in [-0.1, -0.05) is 30.3 Å². The molecule has 7 nitrogen and oxygen atoms in total. The van der Waals surface area contributed by atoms with Gasteiger partial charge < -0.3 is 10.1 Å². The number of carbonyl (C=O) groups is 2. The van der Waals surface area contributed by atoms with Crippen molar-refractivity contribution in [3.8, 4) is 0 Å². The van der Waals surface area contributed by atoms with Gasteiger partial charge in [0, 0.05) is 12.6 Å². The molecule has 0 heterocycles. The maximum atomic E-state index is 12.7. The minimum atomic E-state index is -3.71. The molecule has 1 amide bonds. The van der Waals surface area contributed by atoms with Crippen molar-refractivity contribution in [2.75, 3.05) is 23.8 Å². The molecule has 0 saturated carbocycles. The zero-order chi connectivity index (χ0) is 21.7. The van der Waals surface area contributed by atoms with Gasteiger partial charge in [0.05, 0.1) is 28.9 Å². The van der Waals surface area contributed by atoms with Gasteiger partial charge in [-0.2, -0.15) is 0 Å². The van der Waals surface area contributed by atoms with Gasteiger partial charge in [-0.15, -0.1) is 0 Å². The quantitative estimate of drug-likeness (QED) is 0.611. The first-order valence-electron chi connectivity index (χ1n) is 8.97. The van der Waals surface area contributed by atoms with Gasteiger partial charge in [-0.3, -0.25) is 9.10 Å². The number of carbonyl (C=O) groups excluding carboxylic acids is 2. The molecule has 3 aromatic rings. The van der Waals surface area contributed by atoms with Crippen LogP contribution < -0.4 is 9.62 Å². The number of anilines is 2. The van der Waals surface area contributed by atoms with E-state index < -0.39 is 21.9 Å². The van der Waals surface area contributed by atoms with E-state index in [0.29, 0.717) is 16.9 Å². The Labute approximate surface area is 175 Å². The largest absolute Gasteiger partial charge is 0.465 e. The number of hydrogen-bond acceptors (Lipinski definition) is 5. The van der Waals surface area contributed by atoms with E-state index in [2.05, 4.69) is 5.32 Å². The summed E-state index contributed by atoms with van der Waals surface area (Å²) < 4.78 is 31.3. The third kappa shape index (κ3) is 4.33. The second kappa shape index (κ2) is 8.79. The fraction of sp³-hybridized carbons (Fsp3) is 0.0909. The summed E-state index contributed by atoms with van der Waals surface area (Å²) in [5.74, 6) is -1.000. The Kier molecular flexibility index (Phi) is 6.17. The monoisotopic (exact) mass is 424 g/mol. The third-order valence-electron chi connectivity index (χ3n) is 4.48.